The average molecular weight is 495 g/mol. The maximum Gasteiger partial charge on any atom is 0.261 e. The number of benzene rings is 1. The number of nitrogens with one attached hydrogen (secondary N) is 1. The number of nitrogens with zero attached hydrogens (tertiary/aromatic N) is 5. The van der Waals surface area contributed by atoms with Crippen molar-refractivity contribution in [3.63, 3.8) is 0 Å². The summed E-state index contributed by atoms with van der Waals surface area (Å²) < 4.78 is 1.79. The highest BCUT2D eigenvalue weighted by atomic mass is 16.2. The van der Waals surface area contributed by atoms with Gasteiger partial charge in [0.05, 0.1) is 34.4 Å². The Kier molecular flexibility index (Phi) is 5.48. The van der Waals surface area contributed by atoms with Gasteiger partial charge >= 0.3 is 0 Å². The van der Waals surface area contributed by atoms with E-state index in [0.717, 1.165) is 16.8 Å². The molecule has 0 aliphatic carbocycles. The van der Waals surface area contributed by atoms with Crippen LogP contribution in [0.25, 0.3) is 11.2 Å². The molecule has 3 amide bonds. The molecule has 186 valence electrons. The third kappa shape index (κ3) is 3.57. The summed E-state index contributed by atoms with van der Waals surface area (Å²) in [5.74, 6) is -0.856. The van der Waals surface area contributed by atoms with Gasteiger partial charge in [-0.25, -0.2) is 4.98 Å². The molecule has 1 unspecified atom stereocenters. The molecule has 0 bridgehead atoms. The second kappa shape index (κ2) is 8.85. The Morgan fingerprint density at radius 3 is 2.70 bits per heavy atom. The summed E-state index contributed by atoms with van der Waals surface area (Å²) in [6.07, 6.45) is 8.02. The van der Waals surface area contributed by atoms with Gasteiger partial charge in [0.1, 0.15) is 5.65 Å². The Morgan fingerprint density at radius 2 is 1.89 bits per heavy atom. The molecule has 3 aliphatic rings. The van der Waals surface area contributed by atoms with E-state index in [1.54, 1.807) is 16.8 Å². The maximum atomic E-state index is 13.2. The van der Waals surface area contributed by atoms with Gasteiger partial charge in [-0.05, 0) is 38.0 Å². The molecule has 0 radical (unpaired) electrons. The Bertz CT molecular complexity index is 1560. The number of anilines is 1. The average Bonchev–Trinajstić information content (AvgIpc) is 3.50. The van der Waals surface area contributed by atoms with Crippen molar-refractivity contribution in [2.75, 3.05) is 18.0 Å². The van der Waals surface area contributed by atoms with E-state index in [1.165, 1.54) is 0 Å². The monoisotopic (exact) mass is 494 g/mol. The third-order valence-electron chi connectivity index (χ3n) is 7.28. The van der Waals surface area contributed by atoms with Crippen molar-refractivity contribution < 1.29 is 14.4 Å². The number of para-hydroxylation sites is 1. The smallest absolute Gasteiger partial charge is 0.261 e. The number of fused-ring (bicyclic) bond motifs is 1. The van der Waals surface area contributed by atoms with Crippen LogP contribution < -0.4 is 10.2 Å². The summed E-state index contributed by atoms with van der Waals surface area (Å²) in [6.45, 7) is 5.31. The number of hydrogen-bond donors (Lipinski definition) is 1. The minimum atomic E-state index is -0.490. The highest BCUT2D eigenvalue weighted by Gasteiger charge is 2.40. The summed E-state index contributed by atoms with van der Waals surface area (Å²) in [5, 5.41) is 2.46. The zero-order chi connectivity index (χ0) is 25.7. The van der Waals surface area contributed by atoms with Crippen LogP contribution in [0.3, 0.4) is 0 Å². The van der Waals surface area contributed by atoms with Crippen LogP contribution in [0.1, 0.15) is 37.1 Å². The standard InChI is InChI=1S/C28H26N6O3/c1-3-32(4-2)22(35)15-18-14-17-8-7-9-19-25(29-11-13-33(18)26(17)19)24-23(27(36)31-28(24)37)20-16-30-21-10-5-6-12-34(20)21/h5-13,16,18H,3-4,14-15H2,1-2H3,(H,31,36,37). The third-order valence-corrected chi connectivity index (χ3v) is 7.28. The molecule has 1 atom stereocenters. The first-order valence-corrected chi connectivity index (χ1v) is 12.5. The number of rotatable bonds is 6. The number of amides is 3. The molecule has 5 heterocycles. The molecule has 3 aliphatic heterocycles. The molecule has 3 aromatic rings. The first-order chi connectivity index (χ1) is 18.0. The Balaban J connectivity index is 1.46. The van der Waals surface area contributed by atoms with Crippen LogP contribution in [-0.4, -0.2) is 56.8 Å². The van der Waals surface area contributed by atoms with E-state index in [9.17, 15) is 14.4 Å². The van der Waals surface area contributed by atoms with Crippen LogP contribution in [0.5, 0.6) is 0 Å². The Hall–Kier alpha value is -4.53. The molecule has 0 saturated heterocycles. The van der Waals surface area contributed by atoms with Gasteiger partial charge in [0.25, 0.3) is 11.8 Å². The highest BCUT2D eigenvalue weighted by Crippen LogP contribution is 2.41. The second-order valence-corrected chi connectivity index (χ2v) is 9.23. The van der Waals surface area contributed by atoms with Gasteiger partial charge in [-0.2, -0.15) is 0 Å². The summed E-state index contributed by atoms with van der Waals surface area (Å²) in [4.78, 5) is 52.2. The van der Waals surface area contributed by atoms with Gasteiger partial charge in [-0.15, -0.1) is 0 Å². The minimum Gasteiger partial charge on any atom is -0.343 e. The van der Waals surface area contributed by atoms with E-state index in [-0.39, 0.29) is 23.1 Å². The maximum absolute atomic E-state index is 13.2. The van der Waals surface area contributed by atoms with Crippen LogP contribution in [0, 0.1) is 0 Å². The molecular weight excluding hydrogens is 468 g/mol. The first kappa shape index (κ1) is 22.9. The van der Waals surface area contributed by atoms with Crippen molar-refractivity contribution in [3.05, 3.63) is 83.6 Å². The van der Waals surface area contributed by atoms with Crippen molar-refractivity contribution in [1.82, 2.24) is 19.6 Å². The molecular formula is C28H26N6O3. The lowest BCUT2D eigenvalue weighted by molar-refractivity contribution is -0.131. The van der Waals surface area contributed by atoms with Crippen molar-refractivity contribution in [2.24, 2.45) is 4.99 Å². The van der Waals surface area contributed by atoms with Gasteiger partial charge < -0.3 is 9.80 Å². The lowest BCUT2D eigenvalue weighted by atomic mass is 9.94. The molecule has 0 fully saturated rings. The molecule has 1 aromatic carbocycles. The number of imidazole rings is 1. The van der Waals surface area contributed by atoms with Gasteiger partial charge in [-0.3, -0.25) is 29.1 Å². The Labute approximate surface area is 213 Å². The number of pyridine rings is 1. The quantitative estimate of drug-likeness (QED) is 0.532. The van der Waals surface area contributed by atoms with Gasteiger partial charge in [-0.1, -0.05) is 24.3 Å². The lowest BCUT2D eigenvalue weighted by Gasteiger charge is -2.26. The highest BCUT2D eigenvalue weighted by molar-refractivity contribution is 6.47. The largest absolute Gasteiger partial charge is 0.343 e. The topological polar surface area (TPSA) is 99.4 Å². The van der Waals surface area contributed by atoms with E-state index in [4.69, 9.17) is 0 Å². The van der Waals surface area contributed by atoms with Gasteiger partial charge in [0.2, 0.25) is 5.91 Å². The van der Waals surface area contributed by atoms with E-state index in [1.807, 2.05) is 67.5 Å². The van der Waals surface area contributed by atoms with Crippen LogP contribution in [0.2, 0.25) is 0 Å². The molecule has 9 heteroatoms. The second-order valence-electron chi connectivity index (χ2n) is 9.23. The minimum absolute atomic E-state index is 0.0543. The van der Waals surface area contributed by atoms with Crippen LogP contribution in [-0.2, 0) is 20.8 Å². The summed E-state index contributed by atoms with van der Waals surface area (Å²) in [7, 11) is 0. The molecule has 0 saturated carbocycles. The van der Waals surface area contributed by atoms with Crippen molar-refractivity contribution >= 4 is 40.3 Å². The van der Waals surface area contributed by atoms with Crippen LogP contribution in [0.15, 0.2) is 71.8 Å². The number of imide groups is 1. The number of carbonyl (C=O) groups excluding carboxylic acids is 3. The fraction of sp³-hybridized carbons (Fsp3) is 0.250. The molecule has 2 aromatic heterocycles. The van der Waals surface area contributed by atoms with E-state index in [0.29, 0.717) is 43.0 Å². The van der Waals surface area contributed by atoms with Crippen molar-refractivity contribution in [2.45, 2.75) is 32.7 Å². The SMILES string of the molecule is CCN(CC)C(=O)CC1Cc2cccc3c2N1C=CN=C3C1=C(c2cnc3ccccn23)C(=O)NC1=O. The Morgan fingerprint density at radius 1 is 1.08 bits per heavy atom. The lowest BCUT2D eigenvalue weighted by Crippen LogP contribution is -2.37. The fourth-order valence-corrected chi connectivity index (χ4v) is 5.55. The van der Waals surface area contributed by atoms with Gasteiger partial charge in [0.15, 0.2) is 0 Å². The zero-order valence-corrected chi connectivity index (χ0v) is 20.6. The normalized spacial score (nSPS) is 18.3. The van der Waals surface area contributed by atoms with Crippen molar-refractivity contribution in [1.29, 1.82) is 0 Å². The first-order valence-electron chi connectivity index (χ1n) is 12.5. The van der Waals surface area contributed by atoms with E-state index < -0.39 is 11.8 Å². The summed E-state index contributed by atoms with van der Waals surface area (Å²) in [6, 6.07) is 11.4. The van der Waals surface area contributed by atoms with Gasteiger partial charge in [0, 0.05) is 49.7 Å². The summed E-state index contributed by atoms with van der Waals surface area (Å²) in [5.41, 5.74) is 4.84. The number of carbonyl (C=O) groups is 3. The number of hydrogen-bond acceptors (Lipinski definition) is 6. The van der Waals surface area contributed by atoms with Crippen LogP contribution >= 0.6 is 0 Å². The fourth-order valence-electron chi connectivity index (χ4n) is 5.55. The molecule has 9 nitrogen and oxygen atoms in total. The molecule has 1 N–H and O–H groups in total. The van der Waals surface area contributed by atoms with E-state index in [2.05, 4.69) is 20.2 Å². The number of aromatic nitrogens is 2. The predicted molar refractivity (Wildman–Crippen MR) is 140 cm³/mol. The van der Waals surface area contributed by atoms with Crippen molar-refractivity contribution in [3.8, 4) is 0 Å². The molecule has 0 spiro atoms. The van der Waals surface area contributed by atoms with E-state index >= 15 is 0 Å². The molecule has 37 heavy (non-hydrogen) atoms. The molecule has 6 rings (SSSR count). The number of aliphatic imine (C=N–C) groups is 1. The predicted octanol–water partition coefficient (Wildman–Crippen LogP) is 2.71. The zero-order valence-electron chi connectivity index (χ0n) is 20.6. The summed E-state index contributed by atoms with van der Waals surface area (Å²) >= 11 is 0. The van der Waals surface area contributed by atoms with Crippen LogP contribution in [0.4, 0.5) is 5.69 Å².